The van der Waals surface area contributed by atoms with Crippen molar-refractivity contribution in [3.8, 4) is 0 Å². The highest BCUT2D eigenvalue weighted by molar-refractivity contribution is 7.80. The zero-order valence-corrected chi connectivity index (χ0v) is 12.7. The van der Waals surface area contributed by atoms with Crippen LogP contribution in [0.2, 0.25) is 0 Å². The lowest BCUT2D eigenvalue weighted by atomic mass is 9.84. The van der Waals surface area contributed by atoms with Crippen molar-refractivity contribution in [2.45, 2.75) is 53.5 Å². The van der Waals surface area contributed by atoms with E-state index in [0.717, 1.165) is 6.42 Å². The van der Waals surface area contributed by atoms with E-state index in [-0.39, 0.29) is 17.4 Å². The van der Waals surface area contributed by atoms with Gasteiger partial charge in [-0.2, -0.15) is 0 Å². The van der Waals surface area contributed by atoms with Gasteiger partial charge in [-0.05, 0) is 24.7 Å². The van der Waals surface area contributed by atoms with E-state index in [4.69, 9.17) is 18.0 Å². The average Bonchev–Trinajstić information content (AvgIpc) is 2.11. The average molecular weight is 258 g/mol. The first-order valence-electron chi connectivity index (χ1n) is 6.09. The Hall–Kier alpha value is -0.640. The van der Waals surface area contributed by atoms with Gasteiger partial charge in [0.25, 0.3) is 0 Å². The summed E-state index contributed by atoms with van der Waals surface area (Å²) in [6.45, 7) is 10.5. The summed E-state index contributed by atoms with van der Waals surface area (Å²) in [5.74, 6) is 0.491. The van der Waals surface area contributed by atoms with E-state index >= 15 is 0 Å². The maximum atomic E-state index is 12.0. The van der Waals surface area contributed by atoms with E-state index in [2.05, 4.69) is 27.7 Å². The largest absolute Gasteiger partial charge is 0.392 e. The molecule has 0 aromatic heterocycles. The van der Waals surface area contributed by atoms with Gasteiger partial charge in [0.2, 0.25) is 5.91 Å². The van der Waals surface area contributed by atoms with Gasteiger partial charge in [0.05, 0.1) is 11.0 Å². The smallest absolute Gasteiger partial charge is 0.223 e. The van der Waals surface area contributed by atoms with Gasteiger partial charge in [-0.25, -0.2) is 0 Å². The fourth-order valence-corrected chi connectivity index (χ4v) is 2.12. The summed E-state index contributed by atoms with van der Waals surface area (Å²) >= 11 is 4.90. The molecule has 0 heterocycles. The maximum Gasteiger partial charge on any atom is 0.223 e. The van der Waals surface area contributed by atoms with E-state index in [1.807, 2.05) is 6.92 Å². The molecule has 0 aliphatic heterocycles. The van der Waals surface area contributed by atoms with Crippen LogP contribution in [0.3, 0.4) is 0 Å². The first-order chi connectivity index (χ1) is 7.54. The third-order valence-corrected chi connectivity index (χ3v) is 3.21. The molecule has 0 spiro atoms. The summed E-state index contributed by atoms with van der Waals surface area (Å²) in [4.78, 5) is 14.0. The van der Waals surface area contributed by atoms with Gasteiger partial charge in [0, 0.05) is 13.5 Å². The van der Waals surface area contributed by atoms with Crippen molar-refractivity contribution in [1.29, 1.82) is 0 Å². The first-order valence-corrected chi connectivity index (χ1v) is 6.50. The van der Waals surface area contributed by atoms with Crippen LogP contribution in [0.5, 0.6) is 0 Å². The minimum absolute atomic E-state index is 0.113. The first kappa shape index (κ1) is 16.4. The predicted octanol–water partition coefficient (Wildman–Crippen LogP) is 2.58. The second-order valence-electron chi connectivity index (χ2n) is 6.16. The summed E-state index contributed by atoms with van der Waals surface area (Å²) in [7, 11) is 1.76. The lowest BCUT2D eigenvalue weighted by molar-refractivity contribution is -0.131. The zero-order chi connectivity index (χ0) is 13.8. The predicted molar refractivity (Wildman–Crippen MR) is 76.9 cm³/mol. The van der Waals surface area contributed by atoms with Gasteiger partial charge in [-0.1, -0.05) is 39.9 Å². The third kappa shape index (κ3) is 6.61. The molecule has 0 aromatic carbocycles. The van der Waals surface area contributed by atoms with Crippen LogP contribution in [0.25, 0.3) is 0 Å². The Morgan fingerprint density at radius 3 is 2.18 bits per heavy atom. The van der Waals surface area contributed by atoms with E-state index in [0.29, 0.717) is 17.3 Å². The molecule has 2 unspecified atom stereocenters. The Morgan fingerprint density at radius 1 is 1.35 bits per heavy atom. The molecule has 3 nitrogen and oxygen atoms in total. The highest BCUT2D eigenvalue weighted by atomic mass is 32.1. The van der Waals surface area contributed by atoms with Crippen molar-refractivity contribution in [2.24, 2.45) is 17.1 Å². The lowest BCUT2D eigenvalue weighted by Gasteiger charge is -2.27. The molecule has 2 N–H and O–H groups in total. The van der Waals surface area contributed by atoms with Crippen LogP contribution in [-0.4, -0.2) is 28.9 Å². The molecule has 0 aliphatic rings. The van der Waals surface area contributed by atoms with Crippen molar-refractivity contribution >= 4 is 23.1 Å². The second kappa shape index (κ2) is 6.34. The Kier molecular flexibility index (Phi) is 6.10. The molecule has 0 rings (SSSR count). The van der Waals surface area contributed by atoms with Crippen LogP contribution in [0.1, 0.15) is 47.5 Å². The van der Waals surface area contributed by atoms with Crippen molar-refractivity contribution < 1.29 is 4.79 Å². The lowest BCUT2D eigenvalue weighted by Crippen LogP contribution is -2.43. The minimum atomic E-state index is -0.167. The molecule has 0 saturated carbocycles. The fourth-order valence-electron chi connectivity index (χ4n) is 1.97. The SMILES string of the molecule is CC(CC(=O)N(C)C(C)C(N)=S)CC(C)(C)C. The maximum absolute atomic E-state index is 12.0. The van der Waals surface area contributed by atoms with Gasteiger partial charge >= 0.3 is 0 Å². The Balaban J connectivity index is 4.30. The summed E-state index contributed by atoms with van der Waals surface area (Å²) in [5, 5.41) is 0. The van der Waals surface area contributed by atoms with Crippen LogP contribution in [0.15, 0.2) is 0 Å². The number of thiocarbonyl (C=S) groups is 1. The van der Waals surface area contributed by atoms with Gasteiger partial charge in [0.15, 0.2) is 0 Å². The van der Waals surface area contributed by atoms with Crippen molar-refractivity contribution in [3.05, 3.63) is 0 Å². The molecule has 0 bridgehead atoms. The normalized spacial score (nSPS) is 15.2. The van der Waals surface area contributed by atoms with E-state index < -0.39 is 0 Å². The van der Waals surface area contributed by atoms with E-state index in [1.54, 1.807) is 11.9 Å². The highest BCUT2D eigenvalue weighted by Gasteiger charge is 2.22. The highest BCUT2D eigenvalue weighted by Crippen LogP contribution is 2.26. The van der Waals surface area contributed by atoms with Crippen molar-refractivity contribution in [2.75, 3.05) is 7.05 Å². The molecule has 17 heavy (non-hydrogen) atoms. The topological polar surface area (TPSA) is 46.3 Å². The van der Waals surface area contributed by atoms with Gasteiger partial charge in [-0.3, -0.25) is 4.79 Å². The Morgan fingerprint density at radius 2 is 1.82 bits per heavy atom. The number of nitrogens with two attached hydrogens (primary N) is 1. The number of carbonyl (C=O) groups excluding carboxylic acids is 1. The fraction of sp³-hybridized carbons (Fsp3) is 0.846. The Labute approximate surface area is 111 Å². The Bertz CT molecular complexity index is 284. The molecule has 0 aliphatic carbocycles. The number of rotatable bonds is 5. The number of nitrogens with zero attached hydrogens (tertiary/aromatic N) is 1. The second-order valence-corrected chi connectivity index (χ2v) is 6.63. The molecule has 0 fully saturated rings. The minimum Gasteiger partial charge on any atom is -0.392 e. The summed E-state index contributed by atoms with van der Waals surface area (Å²) in [6, 6.07) is -0.167. The third-order valence-electron chi connectivity index (χ3n) is 2.87. The number of likely N-dealkylation sites (N-methyl/N-ethyl adjacent to an activating group) is 1. The molecule has 2 atom stereocenters. The van der Waals surface area contributed by atoms with Gasteiger partial charge in [-0.15, -0.1) is 0 Å². The zero-order valence-electron chi connectivity index (χ0n) is 11.9. The van der Waals surface area contributed by atoms with E-state index in [9.17, 15) is 4.79 Å². The molecule has 0 aromatic rings. The summed E-state index contributed by atoms with van der Waals surface area (Å²) in [6.07, 6.45) is 1.59. The van der Waals surface area contributed by atoms with Gasteiger partial charge < -0.3 is 10.6 Å². The van der Waals surface area contributed by atoms with Crippen LogP contribution >= 0.6 is 12.2 Å². The number of amides is 1. The van der Waals surface area contributed by atoms with E-state index in [1.165, 1.54) is 0 Å². The summed E-state index contributed by atoms with van der Waals surface area (Å²) in [5.41, 5.74) is 5.80. The van der Waals surface area contributed by atoms with Crippen molar-refractivity contribution in [1.82, 2.24) is 4.90 Å². The standard InChI is InChI=1S/C13H26N2OS/c1-9(8-13(3,4)5)7-11(16)15(6)10(2)12(14)17/h9-10H,7-8H2,1-6H3,(H2,14,17). The molecule has 0 saturated heterocycles. The summed E-state index contributed by atoms with van der Waals surface area (Å²) < 4.78 is 0. The van der Waals surface area contributed by atoms with Crippen LogP contribution in [0, 0.1) is 11.3 Å². The molecule has 0 radical (unpaired) electrons. The quantitative estimate of drug-likeness (QED) is 0.771. The molecule has 4 heteroatoms. The molecule has 1 amide bonds. The number of hydrogen-bond donors (Lipinski definition) is 1. The number of hydrogen-bond acceptors (Lipinski definition) is 2. The monoisotopic (exact) mass is 258 g/mol. The molecule has 100 valence electrons. The van der Waals surface area contributed by atoms with Crippen LogP contribution in [0.4, 0.5) is 0 Å². The van der Waals surface area contributed by atoms with Gasteiger partial charge in [0.1, 0.15) is 0 Å². The molecular formula is C13H26N2OS. The number of carbonyl (C=O) groups is 1. The molecular weight excluding hydrogens is 232 g/mol. The van der Waals surface area contributed by atoms with Crippen LogP contribution in [-0.2, 0) is 4.79 Å². The van der Waals surface area contributed by atoms with Crippen molar-refractivity contribution in [3.63, 3.8) is 0 Å². The van der Waals surface area contributed by atoms with Crippen LogP contribution < -0.4 is 5.73 Å².